The number of aliphatic hydroxyl groups is 1. The average molecular weight is 492 g/mol. The Morgan fingerprint density at radius 1 is 0.395 bits per heavy atom. The van der Waals surface area contributed by atoms with Gasteiger partial charge in [-0.2, -0.15) is 0 Å². The van der Waals surface area contributed by atoms with Crippen LogP contribution in [0.2, 0.25) is 0 Å². The second-order valence-corrected chi connectivity index (χ2v) is 8.77. The largest absolute Gasteiger partial charge is 0.400 e. The third-order valence-electron chi connectivity index (χ3n) is 6.57. The predicted molar refractivity (Wildman–Crippen MR) is 162 cm³/mol. The number of aliphatic hydroxyl groups excluding tert-OH is 1. The zero-order valence-electron chi connectivity index (χ0n) is 21.3. The van der Waals surface area contributed by atoms with E-state index in [1.54, 1.807) is 0 Å². The molecule has 1 heterocycles. The number of rotatable bonds is 2. The summed E-state index contributed by atoms with van der Waals surface area (Å²) >= 11 is 0. The van der Waals surface area contributed by atoms with E-state index in [0.717, 1.165) is 12.6 Å². The molecule has 0 radical (unpaired) electrons. The average Bonchev–Trinajstić information content (AvgIpc) is 3.02. The molecule has 38 heavy (non-hydrogen) atoms. The standard InChI is InChI=1S/C26H18.C9H7N.CH4O/c1-3-11-19(12-4-1)25-21-15-7-9-17-23(21)26(20-13-5-2-6-14-20)24-18-10-8-16-22(24)25;1-2-6-9-8(4-1)5-3-7-10-9;1-2/h1-18H;1-7H;2H,1H3. The van der Waals surface area contributed by atoms with Crippen LogP contribution in [0.1, 0.15) is 0 Å². The third-order valence-corrected chi connectivity index (χ3v) is 6.57. The highest BCUT2D eigenvalue weighted by atomic mass is 16.2. The van der Waals surface area contributed by atoms with Crippen molar-refractivity contribution in [3.63, 3.8) is 0 Å². The van der Waals surface area contributed by atoms with Crippen LogP contribution in [-0.2, 0) is 0 Å². The minimum absolute atomic E-state index is 1.00. The van der Waals surface area contributed by atoms with Crippen LogP contribution in [0.3, 0.4) is 0 Å². The number of hydrogen-bond acceptors (Lipinski definition) is 2. The maximum atomic E-state index is 7.00. The fourth-order valence-electron chi connectivity index (χ4n) is 4.98. The molecular weight excluding hydrogens is 462 g/mol. The van der Waals surface area contributed by atoms with E-state index in [-0.39, 0.29) is 0 Å². The Morgan fingerprint density at radius 2 is 0.763 bits per heavy atom. The first-order valence-electron chi connectivity index (χ1n) is 12.7. The molecule has 2 nitrogen and oxygen atoms in total. The number of para-hydroxylation sites is 1. The van der Waals surface area contributed by atoms with E-state index in [1.807, 2.05) is 30.5 Å². The molecule has 0 spiro atoms. The minimum atomic E-state index is 1.00. The Balaban J connectivity index is 0.000000204. The molecular formula is C36H29NO. The number of fused-ring (bicyclic) bond motifs is 3. The lowest BCUT2D eigenvalue weighted by Crippen LogP contribution is -1.90. The number of hydrogen-bond donors (Lipinski definition) is 1. The van der Waals surface area contributed by atoms with Gasteiger partial charge in [-0.15, -0.1) is 0 Å². The van der Waals surface area contributed by atoms with Crippen molar-refractivity contribution in [2.45, 2.75) is 0 Å². The molecule has 0 atom stereocenters. The lowest BCUT2D eigenvalue weighted by molar-refractivity contribution is 0.399. The van der Waals surface area contributed by atoms with Crippen molar-refractivity contribution < 1.29 is 5.11 Å². The molecule has 7 aromatic rings. The Kier molecular flexibility index (Phi) is 7.83. The highest BCUT2D eigenvalue weighted by Crippen LogP contribution is 2.43. The summed E-state index contributed by atoms with van der Waals surface area (Å²) in [6, 6.07) is 51.1. The molecule has 0 unspecified atom stereocenters. The van der Waals surface area contributed by atoms with Crippen LogP contribution < -0.4 is 0 Å². The van der Waals surface area contributed by atoms with Crippen LogP contribution in [0, 0.1) is 0 Å². The summed E-state index contributed by atoms with van der Waals surface area (Å²) in [5.41, 5.74) is 6.22. The third kappa shape index (κ3) is 5.04. The number of benzene rings is 6. The topological polar surface area (TPSA) is 33.1 Å². The summed E-state index contributed by atoms with van der Waals surface area (Å²) in [4.78, 5) is 4.18. The second kappa shape index (κ2) is 12.0. The molecule has 0 saturated carbocycles. The summed E-state index contributed by atoms with van der Waals surface area (Å²) in [5.74, 6) is 0. The molecule has 0 aliphatic rings. The van der Waals surface area contributed by atoms with Gasteiger partial charge in [0.25, 0.3) is 0 Å². The van der Waals surface area contributed by atoms with Crippen LogP contribution in [0.5, 0.6) is 0 Å². The van der Waals surface area contributed by atoms with Crippen LogP contribution in [0.15, 0.2) is 152 Å². The van der Waals surface area contributed by atoms with Gasteiger partial charge >= 0.3 is 0 Å². The van der Waals surface area contributed by atoms with Gasteiger partial charge in [0, 0.05) is 18.7 Å². The second-order valence-electron chi connectivity index (χ2n) is 8.77. The molecule has 0 bridgehead atoms. The lowest BCUT2D eigenvalue weighted by atomic mass is 9.86. The van der Waals surface area contributed by atoms with Gasteiger partial charge in [0.2, 0.25) is 0 Å². The van der Waals surface area contributed by atoms with Crippen molar-refractivity contribution in [2.24, 2.45) is 0 Å². The highest BCUT2D eigenvalue weighted by Gasteiger charge is 2.15. The van der Waals surface area contributed by atoms with Gasteiger partial charge in [0.1, 0.15) is 0 Å². The first kappa shape index (κ1) is 24.9. The zero-order chi connectivity index (χ0) is 26.2. The molecule has 0 amide bonds. The first-order valence-corrected chi connectivity index (χ1v) is 12.7. The maximum Gasteiger partial charge on any atom is 0.0701 e. The molecule has 0 aliphatic heterocycles. The number of nitrogens with zero attached hydrogens (tertiary/aromatic N) is 1. The molecule has 2 heteroatoms. The molecule has 0 aliphatic carbocycles. The minimum Gasteiger partial charge on any atom is -0.400 e. The molecule has 6 aromatic carbocycles. The van der Waals surface area contributed by atoms with Gasteiger partial charge in [-0.05, 0) is 55.9 Å². The Bertz CT molecular complexity index is 1560. The van der Waals surface area contributed by atoms with Crippen LogP contribution in [0.25, 0.3) is 54.7 Å². The maximum absolute atomic E-state index is 7.00. The molecule has 1 N–H and O–H groups in total. The summed E-state index contributed by atoms with van der Waals surface area (Å²) in [5, 5.41) is 13.4. The van der Waals surface area contributed by atoms with Crippen molar-refractivity contribution in [3.05, 3.63) is 152 Å². The fraction of sp³-hybridized carbons (Fsp3) is 0.0278. The molecule has 184 valence electrons. The SMILES string of the molecule is CO.c1ccc(-c2c3ccccc3c(-c3ccccc3)c3ccccc23)cc1.c1ccc2ncccc2c1. The molecule has 0 fully saturated rings. The summed E-state index contributed by atoms with van der Waals surface area (Å²) in [6.07, 6.45) is 1.81. The predicted octanol–water partition coefficient (Wildman–Crippen LogP) is 9.17. The van der Waals surface area contributed by atoms with E-state index in [0.29, 0.717) is 0 Å². The van der Waals surface area contributed by atoms with Crippen molar-refractivity contribution in [3.8, 4) is 22.3 Å². The molecule has 7 rings (SSSR count). The highest BCUT2D eigenvalue weighted by molar-refractivity contribution is 6.21. The van der Waals surface area contributed by atoms with Gasteiger partial charge in [0.05, 0.1) is 5.52 Å². The van der Waals surface area contributed by atoms with E-state index in [1.165, 1.54) is 49.2 Å². The number of aromatic nitrogens is 1. The lowest BCUT2D eigenvalue weighted by Gasteiger charge is -2.17. The van der Waals surface area contributed by atoms with Crippen LogP contribution in [-0.4, -0.2) is 17.2 Å². The van der Waals surface area contributed by atoms with Crippen LogP contribution in [0.4, 0.5) is 0 Å². The summed E-state index contributed by atoms with van der Waals surface area (Å²) in [6.45, 7) is 0. The summed E-state index contributed by atoms with van der Waals surface area (Å²) in [7, 11) is 1.00. The van der Waals surface area contributed by atoms with Gasteiger partial charge in [0.15, 0.2) is 0 Å². The van der Waals surface area contributed by atoms with Crippen LogP contribution >= 0.6 is 0 Å². The van der Waals surface area contributed by atoms with E-state index < -0.39 is 0 Å². The van der Waals surface area contributed by atoms with E-state index in [9.17, 15) is 0 Å². The van der Waals surface area contributed by atoms with Gasteiger partial charge in [-0.3, -0.25) is 4.98 Å². The Labute approximate surface area is 223 Å². The van der Waals surface area contributed by atoms with Crippen molar-refractivity contribution in [2.75, 3.05) is 7.11 Å². The van der Waals surface area contributed by atoms with Crippen molar-refractivity contribution in [1.29, 1.82) is 0 Å². The Morgan fingerprint density at radius 3 is 1.21 bits per heavy atom. The first-order chi connectivity index (χ1) is 18.9. The fourth-order valence-corrected chi connectivity index (χ4v) is 4.98. The summed E-state index contributed by atoms with van der Waals surface area (Å²) < 4.78 is 0. The monoisotopic (exact) mass is 491 g/mol. The van der Waals surface area contributed by atoms with Gasteiger partial charge in [-0.1, -0.05) is 133 Å². The quantitative estimate of drug-likeness (QED) is 0.245. The van der Waals surface area contributed by atoms with Gasteiger partial charge in [-0.25, -0.2) is 0 Å². The Hall–Kier alpha value is -4.79. The van der Waals surface area contributed by atoms with Gasteiger partial charge < -0.3 is 5.11 Å². The van der Waals surface area contributed by atoms with Crippen molar-refractivity contribution in [1.82, 2.24) is 4.98 Å². The van der Waals surface area contributed by atoms with E-state index in [2.05, 4.69) is 126 Å². The van der Waals surface area contributed by atoms with E-state index >= 15 is 0 Å². The smallest absolute Gasteiger partial charge is 0.0701 e. The normalized spacial score (nSPS) is 10.4. The molecule has 0 saturated heterocycles. The van der Waals surface area contributed by atoms with E-state index in [4.69, 9.17) is 5.11 Å². The van der Waals surface area contributed by atoms with Crippen molar-refractivity contribution >= 4 is 32.4 Å². The number of pyridine rings is 1. The molecule has 1 aromatic heterocycles. The zero-order valence-corrected chi connectivity index (χ0v) is 21.3.